The second kappa shape index (κ2) is 7.93. The lowest BCUT2D eigenvalue weighted by molar-refractivity contribution is -0.133. The zero-order valence-electron chi connectivity index (χ0n) is 11.1. The quantitative estimate of drug-likeness (QED) is 0.917. The van der Waals surface area contributed by atoms with Gasteiger partial charge in [-0.05, 0) is 25.1 Å². The Morgan fingerprint density at radius 1 is 1.50 bits per heavy atom. The highest BCUT2D eigenvalue weighted by Gasteiger charge is 2.23. The maximum absolute atomic E-state index is 12.0. The van der Waals surface area contributed by atoms with Gasteiger partial charge in [0.25, 0.3) is 5.91 Å². The summed E-state index contributed by atoms with van der Waals surface area (Å²) in [5.41, 5.74) is 0. The van der Waals surface area contributed by atoms with Gasteiger partial charge in [-0.25, -0.2) is 0 Å². The lowest BCUT2D eigenvalue weighted by Crippen LogP contribution is -2.40. The van der Waals surface area contributed by atoms with Crippen molar-refractivity contribution in [3.05, 3.63) is 28.2 Å². The third-order valence-corrected chi connectivity index (χ3v) is 3.77. The monoisotopic (exact) mass is 338 g/mol. The molecule has 0 bridgehead atoms. The molecule has 1 aliphatic rings. The molecular formula is C13H17Cl3N2O2. The summed E-state index contributed by atoms with van der Waals surface area (Å²) in [5, 5.41) is 4.20. The van der Waals surface area contributed by atoms with Crippen LogP contribution in [0.4, 0.5) is 0 Å². The summed E-state index contributed by atoms with van der Waals surface area (Å²) in [6.07, 6.45) is 0.972. The van der Waals surface area contributed by atoms with Crippen molar-refractivity contribution in [3.63, 3.8) is 0 Å². The summed E-state index contributed by atoms with van der Waals surface area (Å²) in [4.78, 5) is 13.7. The van der Waals surface area contributed by atoms with E-state index in [-0.39, 0.29) is 31.0 Å². The maximum Gasteiger partial charge on any atom is 0.260 e. The Morgan fingerprint density at radius 2 is 2.25 bits per heavy atom. The number of rotatable bonds is 4. The van der Waals surface area contributed by atoms with Gasteiger partial charge in [-0.2, -0.15) is 0 Å². The minimum absolute atomic E-state index is 0. The topological polar surface area (TPSA) is 41.6 Å². The summed E-state index contributed by atoms with van der Waals surface area (Å²) in [7, 11) is 1.79. The highest BCUT2D eigenvalue weighted by molar-refractivity contribution is 6.34. The Morgan fingerprint density at radius 3 is 2.90 bits per heavy atom. The standard InChI is InChI=1S/C13H16Cl2N2O2.ClH/c1-17(10-4-5-16-7-10)13(18)8-19-12-6-9(14)2-3-11(12)15;/h2-3,6,10,16H,4-5,7-8H2,1H3;1H. The molecular weight excluding hydrogens is 323 g/mol. The Kier molecular flexibility index (Phi) is 6.89. The minimum atomic E-state index is -0.0651. The summed E-state index contributed by atoms with van der Waals surface area (Å²) in [6, 6.07) is 5.17. The number of hydrogen-bond donors (Lipinski definition) is 1. The van der Waals surface area contributed by atoms with E-state index in [0.717, 1.165) is 19.5 Å². The number of nitrogens with one attached hydrogen (secondary N) is 1. The molecule has 0 saturated carbocycles. The summed E-state index contributed by atoms with van der Waals surface area (Å²) in [6.45, 7) is 1.75. The van der Waals surface area contributed by atoms with Crippen molar-refractivity contribution in [2.45, 2.75) is 12.5 Å². The fraction of sp³-hybridized carbons (Fsp3) is 0.462. The first-order valence-corrected chi connectivity index (χ1v) is 6.88. The van der Waals surface area contributed by atoms with Crippen LogP contribution < -0.4 is 10.1 Å². The van der Waals surface area contributed by atoms with Crippen LogP contribution in [0.25, 0.3) is 0 Å². The Hall–Kier alpha value is -0.680. The molecule has 1 aliphatic heterocycles. The second-order valence-corrected chi connectivity index (χ2v) is 5.36. The molecule has 0 aromatic heterocycles. The predicted octanol–water partition coefficient (Wildman–Crippen LogP) is 2.61. The van der Waals surface area contributed by atoms with Crippen LogP contribution in [0.2, 0.25) is 10.0 Å². The van der Waals surface area contributed by atoms with Gasteiger partial charge in [0.15, 0.2) is 6.61 Å². The van der Waals surface area contributed by atoms with Gasteiger partial charge in [0.05, 0.1) is 5.02 Å². The number of likely N-dealkylation sites (N-methyl/N-ethyl adjacent to an activating group) is 1. The molecule has 4 nitrogen and oxygen atoms in total. The van der Waals surface area contributed by atoms with Crippen molar-refractivity contribution in [1.82, 2.24) is 10.2 Å². The van der Waals surface area contributed by atoms with Crippen molar-refractivity contribution < 1.29 is 9.53 Å². The molecule has 1 heterocycles. The van der Waals surface area contributed by atoms with Crippen LogP contribution in [-0.4, -0.2) is 43.6 Å². The molecule has 0 spiro atoms. The fourth-order valence-corrected chi connectivity index (χ4v) is 2.34. The van der Waals surface area contributed by atoms with Crippen molar-refractivity contribution in [2.75, 3.05) is 26.7 Å². The molecule has 1 amide bonds. The Balaban J connectivity index is 0.00000200. The molecule has 20 heavy (non-hydrogen) atoms. The van der Waals surface area contributed by atoms with E-state index in [2.05, 4.69) is 5.32 Å². The summed E-state index contributed by atoms with van der Waals surface area (Å²) >= 11 is 11.8. The average molecular weight is 340 g/mol. The highest BCUT2D eigenvalue weighted by Crippen LogP contribution is 2.27. The molecule has 7 heteroatoms. The predicted molar refractivity (Wildman–Crippen MR) is 83.2 cm³/mol. The zero-order chi connectivity index (χ0) is 13.8. The van der Waals surface area contributed by atoms with Gasteiger partial charge < -0.3 is 15.0 Å². The maximum atomic E-state index is 12.0. The van der Waals surface area contributed by atoms with Gasteiger partial charge in [-0.3, -0.25) is 4.79 Å². The summed E-state index contributed by atoms with van der Waals surface area (Å²) < 4.78 is 5.43. The second-order valence-electron chi connectivity index (χ2n) is 4.51. The number of nitrogens with zero attached hydrogens (tertiary/aromatic N) is 1. The number of carbonyl (C=O) groups is 1. The molecule has 2 rings (SSSR count). The summed E-state index contributed by atoms with van der Waals surface area (Å²) in [5.74, 6) is 0.366. The first-order chi connectivity index (χ1) is 9.08. The van der Waals surface area contributed by atoms with Gasteiger partial charge >= 0.3 is 0 Å². The largest absolute Gasteiger partial charge is 0.482 e. The third kappa shape index (κ3) is 4.42. The fourth-order valence-electron chi connectivity index (χ4n) is 2.00. The van der Waals surface area contributed by atoms with Crippen LogP contribution in [0.3, 0.4) is 0 Å². The van der Waals surface area contributed by atoms with Gasteiger partial charge in [0, 0.05) is 30.7 Å². The number of amides is 1. The van der Waals surface area contributed by atoms with E-state index in [9.17, 15) is 4.79 Å². The van der Waals surface area contributed by atoms with Crippen LogP contribution in [0.1, 0.15) is 6.42 Å². The minimum Gasteiger partial charge on any atom is -0.482 e. The molecule has 1 aromatic carbocycles. The van der Waals surface area contributed by atoms with E-state index in [1.54, 1.807) is 30.1 Å². The van der Waals surface area contributed by atoms with E-state index in [1.165, 1.54) is 0 Å². The lowest BCUT2D eigenvalue weighted by Gasteiger charge is -2.23. The van der Waals surface area contributed by atoms with Crippen LogP contribution in [0.5, 0.6) is 5.75 Å². The highest BCUT2D eigenvalue weighted by atomic mass is 35.5. The van der Waals surface area contributed by atoms with Gasteiger partial charge in [-0.15, -0.1) is 12.4 Å². The van der Waals surface area contributed by atoms with Crippen molar-refractivity contribution in [3.8, 4) is 5.75 Å². The number of carbonyl (C=O) groups excluding carboxylic acids is 1. The molecule has 1 fully saturated rings. The van der Waals surface area contributed by atoms with Crippen molar-refractivity contribution in [1.29, 1.82) is 0 Å². The van der Waals surface area contributed by atoms with Crippen LogP contribution in [0, 0.1) is 0 Å². The Bertz CT molecular complexity index is 465. The lowest BCUT2D eigenvalue weighted by atomic mass is 10.2. The van der Waals surface area contributed by atoms with Gasteiger partial charge in [0.1, 0.15) is 5.75 Å². The van der Waals surface area contributed by atoms with Crippen molar-refractivity contribution in [2.24, 2.45) is 0 Å². The van der Waals surface area contributed by atoms with E-state index in [4.69, 9.17) is 27.9 Å². The van der Waals surface area contributed by atoms with Crippen LogP contribution in [-0.2, 0) is 4.79 Å². The molecule has 0 radical (unpaired) electrons. The molecule has 0 aliphatic carbocycles. The van der Waals surface area contributed by atoms with E-state index in [0.29, 0.717) is 15.8 Å². The number of hydrogen-bond acceptors (Lipinski definition) is 3. The zero-order valence-corrected chi connectivity index (χ0v) is 13.4. The van der Waals surface area contributed by atoms with E-state index in [1.807, 2.05) is 0 Å². The van der Waals surface area contributed by atoms with E-state index < -0.39 is 0 Å². The molecule has 112 valence electrons. The van der Waals surface area contributed by atoms with E-state index >= 15 is 0 Å². The normalized spacial score (nSPS) is 17.4. The number of benzene rings is 1. The molecule has 1 N–H and O–H groups in total. The number of halogens is 3. The third-order valence-electron chi connectivity index (χ3n) is 3.22. The van der Waals surface area contributed by atoms with Gasteiger partial charge in [-0.1, -0.05) is 23.2 Å². The Labute approximate surface area is 134 Å². The van der Waals surface area contributed by atoms with Crippen LogP contribution >= 0.6 is 35.6 Å². The number of ether oxygens (including phenoxy) is 1. The van der Waals surface area contributed by atoms with Crippen molar-refractivity contribution >= 4 is 41.5 Å². The van der Waals surface area contributed by atoms with Gasteiger partial charge in [0.2, 0.25) is 0 Å². The first kappa shape index (κ1) is 17.4. The first-order valence-electron chi connectivity index (χ1n) is 6.12. The average Bonchev–Trinajstić information content (AvgIpc) is 2.92. The molecule has 1 atom stereocenters. The smallest absolute Gasteiger partial charge is 0.260 e. The molecule has 1 unspecified atom stereocenters. The molecule has 1 aromatic rings. The molecule has 1 saturated heterocycles. The SMILES string of the molecule is CN(C(=O)COc1cc(Cl)ccc1Cl)C1CCNC1.Cl. The van der Waals surface area contributed by atoms with Crippen LogP contribution in [0.15, 0.2) is 18.2 Å².